The molecule has 0 aromatic heterocycles. The van der Waals surface area contributed by atoms with E-state index in [9.17, 15) is 0 Å². The van der Waals surface area contributed by atoms with Crippen LogP contribution in [0.25, 0.3) is 0 Å². The fourth-order valence-electron chi connectivity index (χ4n) is 3.08. The highest BCUT2D eigenvalue weighted by atomic mass is 15.2. The van der Waals surface area contributed by atoms with Gasteiger partial charge >= 0.3 is 0 Å². The van der Waals surface area contributed by atoms with E-state index < -0.39 is 0 Å². The minimum Gasteiger partial charge on any atom is -0.316 e. The molecule has 1 N–H and O–H groups in total. The monoisotopic (exact) mass is 286 g/mol. The van der Waals surface area contributed by atoms with Crippen LogP contribution in [-0.4, -0.2) is 30.6 Å². The summed E-state index contributed by atoms with van der Waals surface area (Å²) in [4.78, 5) is 2.73. The van der Waals surface area contributed by atoms with Gasteiger partial charge in [0.1, 0.15) is 0 Å². The lowest BCUT2D eigenvalue weighted by molar-refractivity contribution is 0.244. The Labute approximate surface area is 129 Å². The Kier molecular flexibility index (Phi) is 4.97. The number of likely N-dealkylation sites (N-methyl/N-ethyl adjacent to an activating group) is 1. The van der Waals surface area contributed by atoms with Gasteiger partial charge in [0, 0.05) is 25.7 Å². The standard InChI is InChI=1S/C19H30N2/c1-3-20-12-15(2)18-8-6-17(7-9-18)14-21(19-10-11-19)13-16-4-5-16/h6-9,15-16,19-20H,3-5,10-14H2,1-2H3. The second-order valence-electron chi connectivity index (χ2n) is 7.05. The van der Waals surface area contributed by atoms with Crippen LogP contribution in [0.2, 0.25) is 0 Å². The first kappa shape index (κ1) is 15.1. The molecule has 116 valence electrons. The zero-order valence-corrected chi connectivity index (χ0v) is 13.6. The third-order valence-corrected chi connectivity index (χ3v) is 4.89. The molecule has 2 aliphatic rings. The van der Waals surface area contributed by atoms with Gasteiger partial charge < -0.3 is 5.32 Å². The fraction of sp³-hybridized carbons (Fsp3) is 0.684. The van der Waals surface area contributed by atoms with E-state index in [0.29, 0.717) is 5.92 Å². The molecule has 21 heavy (non-hydrogen) atoms. The van der Waals surface area contributed by atoms with Crippen molar-refractivity contribution < 1.29 is 0 Å². The van der Waals surface area contributed by atoms with Crippen LogP contribution in [0.3, 0.4) is 0 Å². The van der Waals surface area contributed by atoms with Crippen molar-refractivity contribution in [1.82, 2.24) is 10.2 Å². The van der Waals surface area contributed by atoms with Crippen LogP contribution in [0.1, 0.15) is 56.6 Å². The molecule has 0 aliphatic heterocycles. The van der Waals surface area contributed by atoms with E-state index >= 15 is 0 Å². The number of nitrogens with one attached hydrogen (secondary N) is 1. The van der Waals surface area contributed by atoms with Crippen LogP contribution in [0.4, 0.5) is 0 Å². The van der Waals surface area contributed by atoms with Gasteiger partial charge in [-0.2, -0.15) is 0 Å². The van der Waals surface area contributed by atoms with Crippen molar-refractivity contribution in [2.24, 2.45) is 5.92 Å². The maximum Gasteiger partial charge on any atom is 0.0236 e. The average molecular weight is 286 g/mol. The largest absolute Gasteiger partial charge is 0.316 e. The van der Waals surface area contributed by atoms with Gasteiger partial charge in [-0.1, -0.05) is 38.1 Å². The Morgan fingerprint density at radius 3 is 2.43 bits per heavy atom. The molecule has 2 fully saturated rings. The van der Waals surface area contributed by atoms with E-state index in [1.54, 1.807) is 0 Å². The van der Waals surface area contributed by atoms with E-state index in [1.165, 1.54) is 43.4 Å². The van der Waals surface area contributed by atoms with Crippen molar-refractivity contribution in [3.05, 3.63) is 35.4 Å². The Morgan fingerprint density at radius 1 is 1.14 bits per heavy atom. The molecule has 0 saturated heterocycles. The highest BCUT2D eigenvalue weighted by Gasteiger charge is 2.33. The molecule has 1 aromatic rings. The summed E-state index contributed by atoms with van der Waals surface area (Å²) in [7, 11) is 0. The molecule has 2 aliphatic carbocycles. The van der Waals surface area contributed by atoms with Crippen LogP contribution < -0.4 is 5.32 Å². The zero-order valence-electron chi connectivity index (χ0n) is 13.6. The maximum atomic E-state index is 3.44. The molecule has 2 heteroatoms. The van der Waals surface area contributed by atoms with Crippen molar-refractivity contribution in [1.29, 1.82) is 0 Å². The topological polar surface area (TPSA) is 15.3 Å². The van der Waals surface area contributed by atoms with Crippen LogP contribution in [0, 0.1) is 5.92 Å². The van der Waals surface area contributed by atoms with Gasteiger partial charge in [-0.3, -0.25) is 4.90 Å². The Balaban J connectivity index is 1.55. The second kappa shape index (κ2) is 6.93. The minimum atomic E-state index is 0.602. The van der Waals surface area contributed by atoms with Gasteiger partial charge in [-0.25, -0.2) is 0 Å². The van der Waals surface area contributed by atoms with Gasteiger partial charge in [0.2, 0.25) is 0 Å². The predicted molar refractivity (Wildman–Crippen MR) is 89.6 cm³/mol. The number of rotatable bonds is 9. The third kappa shape index (κ3) is 4.55. The molecule has 0 heterocycles. The molecule has 0 amide bonds. The summed E-state index contributed by atoms with van der Waals surface area (Å²) in [6.07, 6.45) is 5.77. The quantitative estimate of drug-likeness (QED) is 0.743. The van der Waals surface area contributed by atoms with Gasteiger partial charge in [-0.05, 0) is 55.2 Å². The van der Waals surface area contributed by atoms with Crippen molar-refractivity contribution >= 4 is 0 Å². The van der Waals surface area contributed by atoms with Gasteiger partial charge in [-0.15, -0.1) is 0 Å². The first-order valence-electron chi connectivity index (χ1n) is 8.80. The molecule has 1 unspecified atom stereocenters. The molecular formula is C19H30N2. The number of hydrogen-bond acceptors (Lipinski definition) is 2. The third-order valence-electron chi connectivity index (χ3n) is 4.89. The second-order valence-corrected chi connectivity index (χ2v) is 7.05. The predicted octanol–water partition coefficient (Wildman–Crippen LogP) is 3.77. The summed E-state index contributed by atoms with van der Waals surface area (Å²) in [5.74, 6) is 1.61. The highest BCUT2D eigenvalue weighted by molar-refractivity contribution is 5.25. The van der Waals surface area contributed by atoms with Crippen molar-refractivity contribution in [2.45, 2.75) is 58.0 Å². The molecule has 2 nitrogen and oxygen atoms in total. The summed E-state index contributed by atoms with van der Waals surface area (Å²) < 4.78 is 0. The number of benzene rings is 1. The number of nitrogens with zero attached hydrogens (tertiary/aromatic N) is 1. The SMILES string of the molecule is CCNCC(C)c1ccc(CN(CC2CC2)C2CC2)cc1. The van der Waals surface area contributed by atoms with Crippen LogP contribution >= 0.6 is 0 Å². The lowest BCUT2D eigenvalue weighted by Gasteiger charge is -2.22. The Morgan fingerprint density at radius 2 is 1.86 bits per heavy atom. The molecule has 0 spiro atoms. The lowest BCUT2D eigenvalue weighted by atomic mass is 9.99. The first-order chi connectivity index (χ1) is 10.3. The minimum absolute atomic E-state index is 0.602. The summed E-state index contributed by atoms with van der Waals surface area (Å²) in [6, 6.07) is 10.2. The van der Waals surface area contributed by atoms with E-state index in [0.717, 1.165) is 31.6 Å². The zero-order chi connectivity index (χ0) is 14.7. The van der Waals surface area contributed by atoms with E-state index in [1.807, 2.05) is 0 Å². The van der Waals surface area contributed by atoms with Crippen molar-refractivity contribution in [3.8, 4) is 0 Å². The Hall–Kier alpha value is -0.860. The van der Waals surface area contributed by atoms with Gasteiger partial charge in [0.05, 0.1) is 0 Å². The van der Waals surface area contributed by atoms with E-state index in [4.69, 9.17) is 0 Å². The molecular weight excluding hydrogens is 256 g/mol. The summed E-state index contributed by atoms with van der Waals surface area (Å²) >= 11 is 0. The van der Waals surface area contributed by atoms with Crippen molar-refractivity contribution in [3.63, 3.8) is 0 Å². The lowest BCUT2D eigenvalue weighted by Crippen LogP contribution is -2.27. The number of hydrogen-bond donors (Lipinski definition) is 1. The molecule has 1 atom stereocenters. The maximum absolute atomic E-state index is 3.44. The molecule has 0 bridgehead atoms. The average Bonchev–Trinajstić information content (AvgIpc) is 3.38. The Bertz CT molecular complexity index is 431. The molecule has 0 radical (unpaired) electrons. The van der Waals surface area contributed by atoms with Gasteiger partial charge in [0.25, 0.3) is 0 Å². The normalized spacial score (nSPS) is 20.0. The molecule has 3 rings (SSSR count). The molecule has 1 aromatic carbocycles. The summed E-state index contributed by atoms with van der Waals surface area (Å²) in [5, 5.41) is 3.44. The van der Waals surface area contributed by atoms with Gasteiger partial charge in [0.15, 0.2) is 0 Å². The van der Waals surface area contributed by atoms with Crippen LogP contribution in [0.5, 0.6) is 0 Å². The van der Waals surface area contributed by atoms with Crippen LogP contribution in [-0.2, 0) is 6.54 Å². The van der Waals surface area contributed by atoms with Crippen LogP contribution in [0.15, 0.2) is 24.3 Å². The highest BCUT2D eigenvalue weighted by Crippen LogP contribution is 2.35. The smallest absolute Gasteiger partial charge is 0.0236 e. The van der Waals surface area contributed by atoms with E-state index in [-0.39, 0.29) is 0 Å². The molecule has 2 saturated carbocycles. The summed E-state index contributed by atoms with van der Waals surface area (Å²) in [6.45, 7) is 9.10. The fourth-order valence-corrected chi connectivity index (χ4v) is 3.08. The first-order valence-corrected chi connectivity index (χ1v) is 8.80. The summed E-state index contributed by atoms with van der Waals surface area (Å²) in [5.41, 5.74) is 2.95. The van der Waals surface area contributed by atoms with E-state index in [2.05, 4.69) is 48.3 Å². The van der Waals surface area contributed by atoms with Crippen molar-refractivity contribution in [2.75, 3.05) is 19.6 Å².